The summed E-state index contributed by atoms with van der Waals surface area (Å²) in [6, 6.07) is 1.42. The Morgan fingerprint density at radius 2 is 1.90 bits per heavy atom. The zero-order valence-electron chi connectivity index (χ0n) is 7.61. The van der Waals surface area contributed by atoms with Crippen LogP contribution in [0.1, 0.15) is 26.2 Å². The summed E-state index contributed by atoms with van der Waals surface area (Å²) < 4.78 is 0. The molecule has 60 valence electrons. The minimum Gasteiger partial charge on any atom is -0.107 e. The molecule has 0 aliphatic heterocycles. The predicted molar refractivity (Wildman–Crippen MR) is 52.0 cm³/mol. The highest BCUT2D eigenvalue weighted by atomic mass is 28.3. The van der Waals surface area contributed by atoms with Crippen LogP contribution in [-0.2, 0) is 0 Å². The summed E-state index contributed by atoms with van der Waals surface area (Å²) in [7, 11) is -0.951. The van der Waals surface area contributed by atoms with E-state index in [0.29, 0.717) is 0 Å². The van der Waals surface area contributed by atoms with E-state index >= 15 is 0 Å². The van der Waals surface area contributed by atoms with Crippen molar-refractivity contribution < 1.29 is 0 Å². The van der Waals surface area contributed by atoms with Crippen molar-refractivity contribution in [2.45, 2.75) is 45.3 Å². The van der Waals surface area contributed by atoms with Gasteiger partial charge in [-0.25, -0.2) is 0 Å². The molecule has 10 heavy (non-hydrogen) atoms. The van der Waals surface area contributed by atoms with E-state index in [9.17, 15) is 0 Å². The smallest absolute Gasteiger partial charge is 0.0709 e. The fraction of sp³-hybridized carbons (Fsp3) is 0.778. The first-order valence-electron chi connectivity index (χ1n) is 4.26. The van der Waals surface area contributed by atoms with Gasteiger partial charge < -0.3 is 0 Å². The first-order chi connectivity index (χ1) is 4.62. The maximum absolute atomic E-state index is 3.87. The molecule has 0 rings (SSSR count). The average Bonchev–Trinajstić information content (AvgIpc) is 1.89. The Morgan fingerprint density at radius 1 is 1.30 bits per heavy atom. The van der Waals surface area contributed by atoms with Crippen molar-refractivity contribution in [3.8, 4) is 0 Å². The summed E-state index contributed by atoms with van der Waals surface area (Å²) in [4.78, 5) is 0. The molecule has 0 N–H and O–H groups in total. The van der Waals surface area contributed by atoms with Crippen molar-refractivity contribution in [2.24, 2.45) is 0 Å². The minimum atomic E-state index is -0.951. The Hall–Kier alpha value is -0.0431. The molecule has 0 spiro atoms. The Morgan fingerprint density at radius 3 is 2.30 bits per heavy atom. The summed E-state index contributed by atoms with van der Waals surface area (Å²) in [5.41, 5.74) is 2.20. The lowest BCUT2D eigenvalue weighted by Crippen LogP contribution is -2.21. The van der Waals surface area contributed by atoms with Crippen LogP contribution in [0.15, 0.2) is 12.3 Å². The van der Waals surface area contributed by atoms with Gasteiger partial charge in [0.15, 0.2) is 0 Å². The Balaban J connectivity index is 3.37. The normalized spacial score (nSPS) is 11.5. The van der Waals surface area contributed by atoms with E-state index in [1.54, 1.807) is 0 Å². The third-order valence-corrected chi connectivity index (χ3v) is 4.72. The molecule has 0 unspecified atom stereocenters. The van der Waals surface area contributed by atoms with Crippen LogP contribution >= 0.6 is 0 Å². The summed E-state index contributed by atoms with van der Waals surface area (Å²) >= 11 is 0. The molecular formula is C9H20Si. The lowest BCUT2D eigenvalue weighted by molar-refractivity contribution is 0.764. The first-order valence-corrected chi connectivity index (χ1v) is 7.54. The molecule has 0 aromatic heterocycles. The second-order valence-corrected chi connectivity index (χ2v) is 8.54. The predicted octanol–water partition coefficient (Wildman–Crippen LogP) is 3.61. The van der Waals surface area contributed by atoms with Crippen LogP contribution in [0.5, 0.6) is 0 Å². The van der Waals surface area contributed by atoms with Gasteiger partial charge in [0, 0.05) is 0 Å². The Labute approximate surface area is 66.4 Å². The van der Waals surface area contributed by atoms with Gasteiger partial charge in [0.1, 0.15) is 0 Å². The molecule has 0 aromatic carbocycles. The van der Waals surface area contributed by atoms with Gasteiger partial charge >= 0.3 is 0 Å². The van der Waals surface area contributed by atoms with E-state index in [-0.39, 0.29) is 0 Å². The highest BCUT2D eigenvalue weighted by Crippen LogP contribution is 2.14. The zero-order valence-corrected chi connectivity index (χ0v) is 8.61. The third kappa shape index (κ3) is 4.80. The maximum Gasteiger partial charge on any atom is 0.0709 e. The van der Waals surface area contributed by atoms with Crippen LogP contribution in [0.25, 0.3) is 0 Å². The van der Waals surface area contributed by atoms with Crippen LogP contribution in [0.2, 0.25) is 19.1 Å². The van der Waals surface area contributed by atoms with Crippen molar-refractivity contribution >= 4 is 8.07 Å². The Bertz CT molecular complexity index is 94.9. The second-order valence-electron chi connectivity index (χ2n) is 3.65. The molecule has 0 bridgehead atoms. The molecule has 0 radical (unpaired) electrons. The van der Waals surface area contributed by atoms with E-state index in [4.69, 9.17) is 0 Å². The van der Waals surface area contributed by atoms with Crippen LogP contribution in [0, 0.1) is 0 Å². The van der Waals surface area contributed by atoms with Crippen molar-refractivity contribution in [3.05, 3.63) is 12.3 Å². The van der Waals surface area contributed by atoms with Crippen molar-refractivity contribution in [2.75, 3.05) is 0 Å². The molecule has 0 aliphatic rings. The molecule has 0 fully saturated rings. The van der Waals surface area contributed by atoms with Gasteiger partial charge in [-0.1, -0.05) is 45.3 Å². The summed E-state index contributed by atoms with van der Waals surface area (Å²) in [5.74, 6) is 0. The van der Waals surface area contributed by atoms with Crippen molar-refractivity contribution in [1.29, 1.82) is 0 Å². The topological polar surface area (TPSA) is 0 Å². The van der Waals surface area contributed by atoms with E-state index in [1.807, 2.05) is 0 Å². The second kappa shape index (κ2) is 4.72. The van der Waals surface area contributed by atoms with E-state index in [0.717, 1.165) is 0 Å². The molecule has 0 nitrogen and oxygen atoms in total. The Kier molecular flexibility index (Phi) is 4.70. The first kappa shape index (κ1) is 9.96. The highest BCUT2D eigenvalue weighted by molar-refractivity contribution is 6.82. The lowest BCUT2D eigenvalue weighted by Gasteiger charge is -2.15. The minimum absolute atomic E-state index is 0.951. The van der Waals surface area contributed by atoms with Crippen molar-refractivity contribution in [1.82, 2.24) is 0 Å². The fourth-order valence-corrected chi connectivity index (χ4v) is 2.30. The third-order valence-electron chi connectivity index (χ3n) is 1.98. The largest absolute Gasteiger partial charge is 0.107 e. The van der Waals surface area contributed by atoms with Gasteiger partial charge in [-0.3, -0.25) is 0 Å². The summed E-state index contributed by atoms with van der Waals surface area (Å²) in [5, 5.41) is 0. The van der Waals surface area contributed by atoms with Gasteiger partial charge in [-0.05, 0) is 0 Å². The molecule has 0 saturated carbocycles. The molecule has 1 heteroatoms. The van der Waals surface area contributed by atoms with Gasteiger partial charge in [0.2, 0.25) is 0 Å². The molecule has 0 aliphatic carbocycles. The molecular weight excluding hydrogens is 136 g/mol. The maximum atomic E-state index is 3.87. The number of rotatable bonds is 5. The average molecular weight is 156 g/mol. The standard InChI is InChI=1S/C9H20Si/c1-5-7-8-9-10(3,4)6-2/h6H,2,5,7-9H2,1,3-4H3. The number of hydrogen-bond acceptors (Lipinski definition) is 0. The molecule has 0 saturated heterocycles. The molecule has 0 heterocycles. The number of hydrogen-bond donors (Lipinski definition) is 0. The zero-order chi connectivity index (χ0) is 8.04. The van der Waals surface area contributed by atoms with Crippen LogP contribution in [0.4, 0.5) is 0 Å². The monoisotopic (exact) mass is 156 g/mol. The van der Waals surface area contributed by atoms with Gasteiger partial charge in [0.25, 0.3) is 0 Å². The summed E-state index contributed by atoms with van der Waals surface area (Å²) in [6.45, 7) is 10.9. The van der Waals surface area contributed by atoms with Gasteiger partial charge in [-0.2, -0.15) is 0 Å². The highest BCUT2D eigenvalue weighted by Gasteiger charge is 2.13. The van der Waals surface area contributed by atoms with Crippen LogP contribution in [-0.4, -0.2) is 8.07 Å². The van der Waals surface area contributed by atoms with E-state index in [2.05, 4.69) is 32.3 Å². The molecule has 0 atom stereocenters. The fourth-order valence-electron chi connectivity index (χ4n) is 0.933. The van der Waals surface area contributed by atoms with Crippen molar-refractivity contribution in [3.63, 3.8) is 0 Å². The summed E-state index contributed by atoms with van der Waals surface area (Å²) in [6.07, 6.45) is 4.13. The van der Waals surface area contributed by atoms with Gasteiger partial charge in [-0.15, -0.1) is 12.3 Å². The van der Waals surface area contributed by atoms with Crippen LogP contribution < -0.4 is 0 Å². The molecule has 0 amide bonds. The van der Waals surface area contributed by atoms with E-state index < -0.39 is 8.07 Å². The quantitative estimate of drug-likeness (QED) is 0.421. The number of unbranched alkanes of at least 4 members (excludes halogenated alkanes) is 2. The lowest BCUT2D eigenvalue weighted by atomic mass is 10.3. The van der Waals surface area contributed by atoms with Gasteiger partial charge in [0.05, 0.1) is 8.07 Å². The SMILES string of the molecule is C=C[Si](C)(C)CCCCC. The van der Waals surface area contributed by atoms with Crippen LogP contribution in [0.3, 0.4) is 0 Å². The molecule has 0 aromatic rings. The van der Waals surface area contributed by atoms with E-state index in [1.165, 1.54) is 25.3 Å².